The minimum atomic E-state index is 1.02. The first-order chi connectivity index (χ1) is 11.2. The van der Waals surface area contributed by atoms with Gasteiger partial charge in [0.2, 0.25) is 0 Å². The molecular weight excluding hydrogens is 296 g/mol. The van der Waals surface area contributed by atoms with E-state index in [1.165, 1.54) is 27.8 Å². The fraction of sp³-hybridized carbons (Fsp3) is 0.182. The minimum absolute atomic E-state index is 1.02. The summed E-state index contributed by atoms with van der Waals surface area (Å²) < 4.78 is 0. The second-order valence-corrected chi connectivity index (χ2v) is 5.89. The molecule has 1 aliphatic carbocycles. The van der Waals surface area contributed by atoms with Gasteiger partial charge in [-0.2, -0.15) is 0 Å². The zero-order valence-corrected chi connectivity index (χ0v) is 14.9. The summed E-state index contributed by atoms with van der Waals surface area (Å²) >= 11 is 4.80. The smallest absolute Gasteiger partial charge is 0.0194 e. The molecule has 1 aliphatic rings. The Balaban J connectivity index is 2.97. The Bertz CT molecular complexity index is 740. The van der Waals surface area contributed by atoms with Crippen LogP contribution in [-0.4, -0.2) is 0 Å². The average Bonchev–Trinajstić information content (AvgIpc) is 2.56. The fourth-order valence-electron chi connectivity index (χ4n) is 3.12. The van der Waals surface area contributed by atoms with Crippen LogP contribution in [-0.2, 0) is 6.42 Å². The van der Waals surface area contributed by atoms with Gasteiger partial charge in [0.1, 0.15) is 0 Å². The molecule has 1 aromatic rings. The molecule has 0 fully saturated rings. The van der Waals surface area contributed by atoms with E-state index in [0.29, 0.717) is 0 Å². The number of hydrogen-bond acceptors (Lipinski definition) is 1. The van der Waals surface area contributed by atoms with Crippen molar-refractivity contribution in [2.45, 2.75) is 31.6 Å². The van der Waals surface area contributed by atoms with Gasteiger partial charge in [0.25, 0.3) is 0 Å². The van der Waals surface area contributed by atoms with Gasteiger partial charge in [-0.3, -0.25) is 0 Å². The van der Waals surface area contributed by atoms with Crippen molar-refractivity contribution in [1.82, 2.24) is 0 Å². The van der Waals surface area contributed by atoms with Gasteiger partial charge in [-0.25, -0.2) is 0 Å². The standard InChI is InChI=1S/C22H24S/c1-5-11-16(12-6-2)21-18(13-7-3)17(8-4)22(23)20-15-10-9-14-19(20)21/h5-8,10-13,15,23H,1,4,9,14H2,2-3H3/b12-6-,13-7-,16-11+. The van der Waals surface area contributed by atoms with Gasteiger partial charge < -0.3 is 0 Å². The third-order valence-corrected chi connectivity index (χ3v) is 4.49. The number of fused-ring (bicyclic) bond motifs is 1. The van der Waals surface area contributed by atoms with Crippen molar-refractivity contribution in [3.8, 4) is 0 Å². The molecule has 0 aromatic heterocycles. The Hall–Kier alpha value is -1.99. The maximum atomic E-state index is 4.80. The highest BCUT2D eigenvalue weighted by Crippen LogP contribution is 2.39. The first kappa shape index (κ1) is 17.4. The first-order valence-electron chi connectivity index (χ1n) is 7.98. The second kappa shape index (κ2) is 8.03. The third-order valence-electron chi connectivity index (χ3n) is 4.01. The summed E-state index contributed by atoms with van der Waals surface area (Å²) in [4.78, 5) is 1.02. The number of allylic oxidation sites excluding steroid dienone is 7. The summed E-state index contributed by atoms with van der Waals surface area (Å²) in [6.45, 7) is 12.0. The van der Waals surface area contributed by atoms with Gasteiger partial charge in [-0.05, 0) is 60.1 Å². The van der Waals surface area contributed by atoms with Crippen molar-refractivity contribution in [1.29, 1.82) is 0 Å². The van der Waals surface area contributed by atoms with E-state index in [2.05, 4.69) is 55.7 Å². The molecule has 0 nitrogen and oxygen atoms in total. The third kappa shape index (κ3) is 3.35. The van der Waals surface area contributed by atoms with Crippen LogP contribution in [0.15, 0.2) is 54.5 Å². The lowest BCUT2D eigenvalue weighted by Crippen LogP contribution is -2.06. The molecule has 0 N–H and O–H groups in total. The maximum Gasteiger partial charge on any atom is 0.0194 e. The minimum Gasteiger partial charge on any atom is -0.142 e. The van der Waals surface area contributed by atoms with Gasteiger partial charge in [0, 0.05) is 4.90 Å². The molecule has 0 spiro atoms. The lowest BCUT2D eigenvalue weighted by Gasteiger charge is -2.24. The predicted molar refractivity (Wildman–Crippen MR) is 109 cm³/mol. The van der Waals surface area contributed by atoms with Gasteiger partial charge in [0.05, 0.1) is 0 Å². The molecule has 0 unspecified atom stereocenters. The van der Waals surface area contributed by atoms with Gasteiger partial charge >= 0.3 is 0 Å². The van der Waals surface area contributed by atoms with Crippen molar-refractivity contribution in [2.75, 3.05) is 0 Å². The zero-order valence-electron chi connectivity index (χ0n) is 14.0. The van der Waals surface area contributed by atoms with Crippen LogP contribution in [0.3, 0.4) is 0 Å². The van der Waals surface area contributed by atoms with Crippen molar-refractivity contribution < 1.29 is 0 Å². The van der Waals surface area contributed by atoms with Crippen LogP contribution in [0.1, 0.15) is 48.1 Å². The Morgan fingerprint density at radius 1 is 1.17 bits per heavy atom. The van der Waals surface area contributed by atoms with E-state index >= 15 is 0 Å². The molecule has 0 aliphatic heterocycles. The van der Waals surface area contributed by atoms with Crippen molar-refractivity contribution in [2.24, 2.45) is 0 Å². The molecule has 0 atom stereocenters. The SMILES string of the molecule is C=C/C=C(\C=C/C)c1c(/C=C\C)c(C=C)c(S)c2c1CCC=C2. The largest absolute Gasteiger partial charge is 0.142 e. The van der Waals surface area contributed by atoms with Crippen molar-refractivity contribution in [3.05, 3.63) is 77.4 Å². The summed E-state index contributed by atoms with van der Waals surface area (Å²) in [6.07, 6.45) is 20.8. The number of thiol groups is 1. The quantitative estimate of drug-likeness (QED) is 0.450. The second-order valence-electron chi connectivity index (χ2n) is 5.45. The fourth-order valence-corrected chi connectivity index (χ4v) is 3.54. The molecule has 0 amide bonds. The zero-order chi connectivity index (χ0) is 16.8. The Morgan fingerprint density at radius 3 is 2.57 bits per heavy atom. The normalized spacial score (nSPS) is 14.5. The van der Waals surface area contributed by atoms with Gasteiger partial charge in [0.15, 0.2) is 0 Å². The molecule has 1 aromatic carbocycles. The van der Waals surface area contributed by atoms with E-state index in [0.717, 1.165) is 23.3 Å². The molecule has 0 saturated heterocycles. The lowest BCUT2D eigenvalue weighted by atomic mass is 9.82. The first-order valence-corrected chi connectivity index (χ1v) is 8.43. The van der Waals surface area contributed by atoms with E-state index in [1.54, 1.807) is 0 Å². The summed E-state index contributed by atoms with van der Waals surface area (Å²) in [6, 6.07) is 0. The van der Waals surface area contributed by atoms with Crippen LogP contribution in [0.2, 0.25) is 0 Å². The molecule has 23 heavy (non-hydrogen) atoms. The van der Waals surface area contributed by atoms with E-state index in [9.17, 15) is 0 Å². The lowest BCUT2D eigenvalue weighted by molar-refractivity contribution is 0.967. The van der Waals surface area contributed by atoms with Crippen LogP contribution in [0.25, 0.3) is 23.8 Å². The topological polar surface area (TPSA) is 0 Å². The number of hydrogen-bond donors (Lipinski definition) is 1. The van der Waals surface area contributed by atoms with Crippen LogP contribution in [0, 0.1) is 0 Å². The number of benzene rings is 1. The van der Waals surface area contributed by atoms with Crippen LogP contribution >= 0.6 is 12.6 Å². The van der Waals surface area contributed by atoms with E-state index in [-0.39, 0.29) is 0 Å². The highest BCUT2D eigenvalue weighted by molar-refractivity contribution is 7.80. The van der Waals surface area contributed by atoms with Crippen molar-refractivity contribution >= 4 is 36.4 Å². The monoisotopic (exact) mass is 320 g/mol. The van der Waals surface area contributed by atoms with Gasteiger partial charge in [-0.1, -0.05) is 67.8 Å². The van der Waals surface area contributed by atoms with Crippen molar-refractivity contribution in [3.63, 3.8) is 0 Å². The Labute approximate surface area is 145 Å². The molecule has 2 rings (SSSR count). The highest BCUT2D eigenvalue weighted by Gasteiger charge is 2.21. The van der Waals surface area contributed by atoms with E-state index in [1.807, 2.05) is 26.0 Å². The van der Waals surface area contributed by atoms with Crippen LogP contribution in [0.5, 0.6) is 0 Å². The molecule has 0 bridgehead atoms. The summed E-state index contributed by atoms with van der Waals surface area (Å²) in [5.74, 6) is 0. The summed E-state index contributed by atoms with van der Waals surface area (Å²) in [7, 11) is 0. The molecular formula is C22H24S. The van der Waals surface area contributed by atoms with E-state index in [4.69, 9.17) is 12.6 Å². The summed E-state index contributed by atoms with van der Waals surface area (Å²) in [5, 5.41) is 0. The molecule has 0 heterocycles. The predicted octanol–water partition coefficient (Wildman–Crippen LogP) is 6.76. The van der Waals surface area contributed by atoms with Crippen LogP contribution in [0.4, 0.5) is 0 Å². The summed E-state index contributed by atoms with van der Waals surface area (Å²) in [5.41, 5.74) is 7.31. The molecule has 118 valence electrons. The highest BCUT2D eigenvalue weighted by atomic mass is 32.1. The van der Waals surface area contributed by atoms with E-state index < -0.39 is 0 Å². The Morgan fingerprint density at radius 2 is 1.96 bits per heavy atom. The maximum absolute atomic E-state index is 4.80. The average molecular weight is 321 g/mol. The molecule has 0 saturated carbocycles. The van der Waals surface area contributed by atoms with Gasteiger partial charge in [-0.15, -0.1) is 12.6 Å². The molecule has 0 radical (unpaired) electrons. The Kier molecular flexibility index (Phi) is 6.06. The number of rotatable bonds is 5. The molecule has 1 heteroatoms. The van der Waals surface area contributed by atoms with Crippen LogP contribution < -0.4 is 0 Å².